The fraction of sp³-hybridized carbons (Fsp3) is 0.125. The Morgan fingerprint density at radius 2 is 1.45 bits per heavy atom. The van der Waals surface area contributed by atoms with Crippen molar-refractivity contribution in [2.75, 3.05) is 31.0 Å². The first-order valence-electron chi connectivity index (χ1n) is 9.52. The molecule has 0 radical (unpaired) electrons. The predicted molar refractivity (Wildman–Crippen MR) is 118 cm³/mol. The van der Waals surface area contributed by atoms with Gasteiger partial charge in [0.25, 0.3) is 11.8 Å². The van der Waals surface area contributed by atoms with E-state index in [1.807, 2.05) is 18.2 Å². The van der Waals surface area contributed by atoms with Crippen LogP contribution >= 0.6 is 0 Å². The van der Waals surface area contributed by atoms with Gasteiger partial charge in [-0.3, -0.25) is 9.59 Å². The predicted octanol–water partition coefficient (Wildman–Crippen LogP) is 3.77. The van der Waals surface area contributed by atoms with Crippen LogP contribution in [0.3, 0.4) is 0 Å². The second kappa shape index (κ2) is 10.1. The Morgan fingerprint density at radius 1 is 0.839 bits per heavy atom. The van der Waals surface area contributed by atoms with Gasteiger partial charge in [-0.15, -0.1) is 0 Å². The zero-order valence-corrected chi connectivity index (χ0v) is 17.2. The number of anilines is 2. The van der Waals surface area contributed by atoms with Crippen molar-refractivity contribution in [3.63, 3.8) is 0 Å². The van der Waals surface area contributed by atoms with Crippen LogP contribution in [0.15, 0.2) is 78.9 Å². The normalized spacial score (nSPS) is 10.1. The molecule has 7 heteroatoms. The average Bonchev–Trinajstić information content (AvgIpc) is 2.82. The molecule has 0 spiro atoms. The first-order chi connectivity index (χ1) is 15.0. The molecule has 0 aliphatic heterocycles. The van der Waals surface area contributed by atoms with Crippen molar-refractivity contribution in [3.05, 3.63) is 90.0 Å². The van der Waals surface area contributed by atoms with E-state index in [4.69, 9.17) is 9.47 Å². The summed E-state index contributed by atoms with van der Waals surface area (Å²) in [5.74, 6) is -0.952. The fourth-order valence-corrected chi connectivity index (χ4v) is 2.88. The third kappa shape index (κ3) is 5.48. The van der Waals surface area contributed by atoms with Crippen molar-refractivity contribution in [2.24, 2.45) is 0 Å². The Bertz CT molecular complexity index is 1060. The second-order valence-corrected chi connectivity index (χ2v) is 6.60. The van der Waals surface area contributed by atoms with Gasteiger partial charge >= 0.3 is 5.97 Å². The van der Waals surface area contributed by atoms with Crippen LogP contribution < -0.4 is 15.0 Å². The first kappa shape index (κ1) is 21.6. The lowest BCUT2D eigenvalue weighted by atomic mass is 10.1. The van der Waals surface area contributed by atoms with Crippen LogP contribution in [0.2, 0.25) is 0 Å². The number of rotatable bonds is 7. The summed E-state index contributed by atoms with van der Waals surface area (Å²) in [6, 6.07) is 22.2. The molecule has 0 saturated heterocycles. The van der Waals surface area contributed by atoms with Crippen LogP contribution in [-0.4, -0.2) is 38.5 Å². The SMILES string of the molecule is COc1ccc(NC(=O)COC(=O)c2ccccc2C(=O)N(C)c2ccccc2)cc1. The maximum Gasteiger partial charge on any atom is 0.339 e. The largest absolute Gasteiger partial charge is 0.497 e. The number of nitrogens with zero attached hydrogens (tertiary/aromatic N) is 1. The molecule has 3 aromatic carbocycles. The molecule has 0 aliphatic rings. The van der Waals surface area contributed by atoms with E-state index in [0.717, 1.165) is 0 Å². The molecule has 3 rings (SSSR count). The van der Waals surface area contributed by atoms with E-state index in [-0.39, 0.29) is 17.0 Å². The standard InChI is InChI=1S/C24H22N2O5/c1-26(18-8-4-3-5-9-18)23(28)20-10-6-7-11-21(20)24(29)31-16-22(27)25-17-12-14-19(30-2)15-13-17/h3-15H,16H2,1-2H3,(H,25,27). The van der Waals surface area contributed by atoms with E-state index in [2.05, 4.69) is 5.32 Å². The van der Waals surface area contributed by atoms with Crippen LogP contribution in [-0.2, 0) is 9.53 Å². The Labute approximate surface area is 180 Å². The molecule has 0 bridgehead atoms. The molecular weight excluding hydrogens is 396 g/mol. The van der Waals surface area contributed by atoms with E-state index < -0.39 is 18.5 Å². The first-order valence-corrected chi connectivity index (χ1v) is 9.52. The van der Waals surface area contributed by atoms with Crippen LogP contribution in [0, 0.1) is 0 Å². The van der Waals surface area contributed by atoms with Gasteiger partial charge < -0.3 is 19.7 Å². The number of methoxy groups -OCH3 is 1. The molecular formula is C24H22N2O5. The number of ether oxygens (including phenoxy) is 2. The van der Waals surface area contributed by atoms with Crippen LogP contribution in [0.4, 0.5) is 11.4 Å². The zero-order valence-electron chi connectivity index (χ0n) is 17.2. The lowest BCUT2D eigenvalue weighted by Crippen LogP contribution is -2.28. The van der Waals surface area contributed by atoms with Gasteiger partial charge in [0.1, 0.15) is 5.75 Å². The topological polar surface area (TPSA) is 84.9 Å². The highest BCUT2D eigenvalue weighted by Crippen LogP contribution is 2.18. The van der Waals surface area contributed by atoms with E-state index in [1.165, 1.54) is 11.0 Å². The third-order valence-electron chi connectivity index (χ3n) is 4.53. The lowest BCUT2D eigenvalue weighted by molar-refractivity contribution is -0.119. The number of carbonyl (C=O) groups excluding carboxylic acids is 3. The van der Waals surface area contributed by atoms with Gasteiger partial charge in [-0.05, 0) is 48.5 Å². The Balaban J connectivity index is 1.65. The van der Waals surface area contributed by atoms with Crippen LogP contribution in [0.25, 0.3) is 0 Å². The maximum atomic E-state index is 12.9. The molecule has 0 aromatic heterocycles. The number of para-hydroxylation sites is 1. The van der Waals surface area contributed by atoms with E-state index >= 15 is 0 Å². The number of amides is 2. The minimum Gasteiger partial charge on any atom is -0.497 e. The summed E-state index contributed by atoms with van der Waals surface area (Å²) in [7, 11) is 3.18. The summed E-state index contributed by atoms with van der Waals surface area (Å²) >= 11 is 0. The van der Waals surface area contributed by atoms with E-state index in [9.17, 15) is 14.4 Å². The molecule has 0 aliphatic carbocycles. The molecule has 0 heterocycles. The Kier molecular flexibility index (Phi) is 7.01. The highest BCUT2D eigenvalue weighted by atomic mass is 16.5. The highest BCUT2D eigenvalue weighted by molar-refractivity contribution is 6.12. The second-order valence-electron chi connectivity index (χ2n) is 6.60. The minimum absolute atomic E-state index is 0.0903. The van der Waals surface area contributed by atoms with Crippen molar-refractivity contribution in [1.29, 1.82) is 0 Å². The minimum atomic E-state index is -0.754. The van der Waals surface area contributed by atoms with Crippen molar-refractivity contribution < 1.29 is 23.9 Å². The molecule has 0 atom stereocenters. The van der Waals surface area contributed by atoms with Crippen molar-refractivity contribution >= 4 is 29.2 Å². The van der Waals surface area contributed by atoms with Crippen molar-refractivity contribution in [1.82, 2.24) is 0 Å². The number of hydrogen-bond acceptors (Lipinski definition) is 5. The molecule has 2 amide bonds. The molecule has 31 heavy (non-hydrogen) atoms. The molecule has 158 valence electrons. The number of hydrogen-bond donors (Lipinski definition) is 1. The van der Waals surface area contributed by atoms with Gasteiger partial charge in [-0.25, -0.2) is 4.79 Å². The molecule has 0 saturated carbocycles. The molecule has 3 aromatic rings. The molecule has 0 unspecified atom stereocenters. The number of carbonyl (C=O) groups is 3. The van der Waals surface area contributed by atoms with Crippen molar-refractivity contribution in [2.45, 2.75) is 0 Å². The Hall–Kier alpha value is -4.13. The van der Waals surface area contributed by atoms with Gasteiger partial charge in [-0.1, -0.05) is 30.3 Å². The average molecular weight is 418 g/mol. The number of benzene rings is 3. The van der Waals surface area contributed by atoms with Crippen LogP contribution in [0.5, 0.6) is 5.75 Å². The smallest absolute Gasteiger partial charge is 0.339 e. The van der Waals surface area contributed by atoms with Gasteiger partial charge in [0, 0.05) is 18.4 Å². The molecule has 7 nitrogen and oxygen atoms in total. The summed E-state index contributed by atoms with van der Waals surface area (Å²) in [4.78, 5) is 39.1. The van der Waals surface area contributed by atoms with Crippen molar-refractivity contribution in [3.8, 4) is 5.75 Å². The van der Waals surface area contributed by atoms with E-state index in [0.29, 0.717) is 17.1 Å². The number of nitrogens with one attached hydrogen (secondary N) is 1. The van der Waals surface area contributed by atoms with E-state index in [1.54, 1.807) is 68.8 Å². The van der Waals surface area contributed by atoms with Crippen LogP contribution in [0.1, 0.15) is 20.7 Å². The summed E-state index contributed by atoms with van der Waals surface area (Å²) in [5.41, 5.74) is 1.51. The monoisotopic (exact) mass is 418 g/mol. The van der Waals surface area contributed by atoms with Gasteiger partial charge in [0.05, 0.1) is 18.2 Å². The molecule has 0 fully saturated rings. The number of esters is 1. The van der Waals surface area contributed by atoms with Gasteiger partial charge in [-0.2, -0.15) is 0 Å². The summed E-state index contributed by atoms with van der Waals surface area (Å²) in [6.07, 6.45) is 0. The van der Waals surface area contributed by atoms with Gasteiger partial charge in [0.2, 0.25) is 0 Å². The third-order valence-corrected chi connectivity index (χ3v) is 4.53. The summed E-state index contributed by atoms with van der Waals surface area (Å²) in [5, 5.41) is 2.63. The quantitative estimate of drug-likeness (QED) is 0.591. The fourth-order valence-electron chi connectivity index (χ4n) is 2.88. The lowest BCUT2D eigenvalue weighted by Gasteiger charge is -2.18. The highest BCUT2D eigenvalue weighted by Gasteiger charge is 2.22. The summed E-state index contributed by atoms with van der Waals surface area (Å²) in [6.45, 7) is -0.484. The Morgan fingerprint density at radius 3 is 2.10 bits per heavy atom. The van der Waals surface area contributed by atoms with Gasteiger partial charge in [0.15, 0.2) is 6.61 Å². The zero-order chi connectivity index (χ0) is 22.2. The summed E-state index contributed by atoms with van der Waals surface area (Å²) < 4.78 is 10.2. The maximum absolute atomic E-state index is 12.9. The molecule has 1 N–H and O–H groups in total.